The van der Waals surface area contributed by atoms with Crippen molar-refractivity contribution in [3.8, 4) is 27.9 Å². The van der Waals surface area contributed by atoms with Crippen LogP contribution in [0.4, 0.5) is 17.1 Å². The molecule has 4 heteroatoms. The van der Waals surface area contributed by atoms with Gasteiger partial charge in [0.05, 0.1) is 34.8 Å². The summed E-state index contributed by atoms with van der Waals surface area (Å²) in [5, 5.41) is 8.32. The van der Waals surface area contributed by atoms with Gasteiger partial charge in [-0.1, -0.05) is 91.0 Å². The van der Waals surface area contributed by atoms with E-state index < -0.39 is 0 Å². The highest BCUT2D eigenvalue weighted by Crippen LogP contribution is 2.45. The third kappa shape index (κ3) is 4.01. The molecule has 0 saturated carbocycles. The van der Waals surface area contributed by atoms with Gasteiger partial charge in [0.15, 0.2) is 5.58 Å². The van der Waals surface area contributed by atoms with Crippen LogP contribution in [0.15, 0.2) is 162 Å². The van der Waals surface area contributed by atoms with E-state index >= 15 is 0 Å². The molecule has 0 aliphatic carbocycles. The Balaban J connectivity index is 1.14. The van der Waals surface area contributed by atoms with Crippen LogP contribution < -0.4 is 10.2 Å². The van der Waals surface area contributed by atoms with Crippen molar-refractivity contribution in [2.45, 2.75) is 0 Å². The Bertz CT molecular complexity index is 2650. The van der Waals surface area contributed by atoms with E-state index in [-0.39, 0.29) is 0 Å². The Kier molecular flexibility index (Phi) is 5.60. The van der Waals surface area contributed by atoms with Crippen molar-refractivity contribution >= 4 is 60.8 Å². The smallest absolute Gasteiger partial charge is 0.159 e. The second kappa shape index (κ2) is 10.1. The summed E-state index contributed by atoms with van der Waals surface area (Å²) in [6, 6.07) is 56.5. The largest absolute Gasteiger partial charge is 0.454 e. The Morgan fingerprint density at radius 1 is 0.468 bits per heavy atom. The first kappa shape index (κ1) is 26.0. The molecule has 1 aliphatic rings. The number of furan rings is 1. The van der Waals surface area contributed by atoms with Crippen molar-refractivity contribution in [1.82, 2.24) is 4.57 Å². The molecule has 0 radical (unpaired) electrons. The van der Waals surface area contributed by atoms with Crippen LogP contribution in [0.1, 0.15) is 0 Å². The van der Waals surface area contributed by atoms with Crippen LogP contribution in [-0.2, 0) is 0 Å². The molecular formula is C43H29N3O. The van der Waals surface area contributed by atoms with E-state index in [0.717, 1.165) is 44.6 Å². The molecule has 7 aromatic carbocycles. The Labute approximate surface area is 271 Å². The first-order valence-electron chi connectivity index (χ1n) is 16.1. The van der Waals surface area contributed by atoms with E-state index in [4.69, 9.17) is 4.42 Å². The lowest BCUT2D eigenvalue weighted by Crippen LogP contribution is -2.16. The van der Waals surface area contributed by atoms with Crippen LogP contribution in [-0.4, -0.2) is 11.2 Å². The summed E-state index contributed by atoms with van der Waals surface area (Å²) in [4.78, 5) is 2.32. The van der Waals surface area contributed by atoms with Gasteiger partial charge < -0.3 is 19.2 Å². The molecule has 0 bridgehead atoms. The molecular weight excluding hydrogens is 574 g/mol. The van der Waals surface area contributed by atoms with Crippen molar-refractivity contribution in [1.29, 1.82) is 0 Å². The fourth-order valence-electron chi connectivity index (χ4n) is 7.38. The zero-order chi connectivity index (χ0) is 30.9. The summed E-state index contributed by atoms with van der Waals surface area (Å²) in [6.45, 7) is 0.686. The number of nitrogens with one attached hydrogen (secondary N) is 1. The fourth-order valence-corrected chi connectivity index (χ4v) is 7.38. The van der Waals surface area contributed by atoms with Gasteiger partial charge in [-0.25, -0.2) is 0 Å². The van der Waals surface area contributed by atoms with Crippen LogP contribution in [0.3, 0.4) is 0 Å². The van der Waals surface area contributed by atoms with Crippen molar-refractivity contribution in [2.75, 3.05) is 16.9 Å². The van der Waals surface area contributed by atoms with Crippen LogP contribution in [0, 0.1) is 0 Å². The molecule has 0 atom stereocenters. The average molecular weight is 604 g/mol. The number of para-hydroxylation sites is 5. The van der Waals surface area contributed by atoms with Crippen molar-refractivity contribution in [2.24, 2.45) is 0 Å². The van der Waals surface area contributed by atoms with Crippen molar-refractivity contribution < 1.29 is 4.42 Å². The second-order valence-electron chi connectivity index (χ2n) is 12.3. The van der Waals surface area contributed by atoms with E-state index in [1.165, 1.54) is 44.2 Å². The van der Waals surface area contributed by atoms with E-state index in [0.29, 0.717) is 6.67 Å². The SMILES string of the molecule is c1ccc(-n2c3ccccc3c3cc(-c4cccc(-c5cc(N6CNc7ccccc76)c6oc7ccccc7c6c5)c4)ccc32)cc1. The molecule has 0 saturated heterocycles. The zero-order valence-electron chi connectivity index (χ0n) is 25.5. The average Bonchev–Trinajstić information content (AvgIpc) is 3.83. The lowest BCUT2D eigenvalue weighted by atomic mass is 9.96. The Morgan fingerprint density at radius 3 is 2.09 bits per heavy atom. The minimum atomic E-state index is 0.686. The predicted molar refractivity (Wildman–Crippen MR) is 196 cm³/mol. The van der Waals surface area contributed by atoms with Crippen LogP contribution in [0.2, 0.25) is 0 Å². The number of rotatable bonds is 4. The van der Waals surface area contributed by atoms with Crippen molar-refractivity contribution in [3.63, 3.8) is 0 Å². The van der Waals surface area contributed by atoms with E-state index in [1.807, 2.05) is 6.07 Å². The maximum atomic E-state index is 6.53. The Hall–Kier alpha value is -6.26. The predicted octanol–water partition coefficient (Wildman–Crippen LogP) is 11.5. The number of aromatic nitrogens is 1. The van der Waals surface area contributed by atoms with Crippen LogP contribution in [0.5, 0.6) is 0 Å². The summed E-state index contributed by atoms with van der Waals surface area (Å²) in [5.41, 5.74) is 13.5. The van der Waals surface area contributed by atoms with Gasteiger partial charge in [-0.3, -0.25) is 0 Å². The van der Waals surface area contributed by atoms with E-state index in [1.54, 1.807) is 0 Å². The van der Waals surface area contributed by atoms with Gasteiger partial charge in [-0.05, 0) is 89.0 Å². The molecule has 47 heavy (non-hydrogen) atoms. The van der Waals surface area contributed by atoms with Gasteiger partial charge >= 0.3 is 0 Å². The van der Waals surface area contributed by atoms with Gasteiger partial charge in [0, 0.05) is 27.2 Å². The number of benzene rings is 7. The summed E-state index contributed by atoms with van der Waals surface area (Å²) >= 11 is 0. The molecule has 2 aromatic heterocycles. The van der Waals surface area contributed by atoms with Crippen LogP contribution >= 0.6 is 0 Å². The highest BCUT2D eigenvalue weighted by Gasteiger charge is 2.24. The number of hydrogen-bond acceptors (Lipinski definition) is 3. The van der Waals surface area contributed by atoms with Gasteiger partial charge in [-0.2, -0.15) is 0 Å². The molecule has 0 unspecified atom stereocenters. The quantitative estimate of drug-likeness (QED) is 0.217. The normalized spacial score (nSPS) is 12.7. The maximum Gasteiger partial charge on any atom is 0.159 e. The highest BCUT2D eigenvalue weighted by atomic mass is 16.3. The lowest BCUT2D eigenvalue weighted by molar-refractivity contribution is 0.668. The molecule has 3 heterocycles. The van der Waals surface area contributed by atoms with E-state index in [2.05, 4.69) is 166 Å². The minimum absolute atomic E-state index is 0.686. The summed E-state index contributed by atoms with van der Waals surface area (Å²) in [7, 11) is 0. The molecule has 1 aliphatic heterocycles. The van der Waals surface area contributed by atoms with Crippen LogP contribution in [0.25, 0.3) is 71.7 Å². The topological polar surface area (TPSA) is 33.3 Å². The van der Waals surface area contributed by atoms with Gasteiger partial charge in [0.25, 0.3) is 0 Å². The zero-order valence-corrected chi connectivity index (χ0v) is 25.5. The number of fused-ring (bicyclic) bond motifs is 7. The lowest BCUT2D eigenvalue weighted by Gasteiger charge is -2.20. The van der Waals surface area contributed by atoms with Gasteiger partial charge in [0.1, 0.15) is 5.58 Å². The van der Waals surface area contributed by atoms with Crippen molar-refractivity contribution in [3.05, 3.63) is 158 Å². The minimum Gasteiger partial charge on any atom is -0.454 e. The molecule has 9 aromatic rings. The number of anilines is 3. The third-order valence-corrected chi connectivity index (χ3v) is 9.59. The second-order valence-corrected chi connectivity index (χ2v) is 12.3. The van der Waals surface area contributed by atoms with E-state index in [9.17, 15) is 0 Å². The molecule has 10 rings (SSSR count). The molecule has 0 amide bonds. The summed E-state index contributed by atoms with van der Waals surface area (Å²) in [6.07, 6.45) is 0. The summed E-state index contributed by atoms with van der Waals surface area (Å²) < 4.78 is 8.90. The first-order chi connectivity index (χ1) is 23.3. The molecule has 4 nitrogen and oxygen atoms in total. The monoisotopic (exact) mass is 603 g/mol. The molecule has 0 fully saturated rings. The molecule has 1 N–H and O–H groups in total. The number of nitrogens with zero attached hydrogens (tertiary/aromatic N) is 2. The molecule has 0 spiro atoms. The Morgan fingerprint density at radius 2 is 1.17 bits per heavy atom. The fraction of sp³-hybridized carbons (Fsp3) is 0.0233. The maximum absolute atomic E-state index is 6.53. The standard InChI is InChI=1S/C43H29N3O/c1-2-13-32(14-3-1)46-38-18-7-4-15-33(38)35-24-30(21-22-39(35)46)28-11-10-12-29(23-28)31-25-36-34-16-5-9-20-42(34)47-43(36)41(26-31)45-27-44-37-17-6-8-19-40(37)45/h1-26,44H,27H2. The third-order valence-electron chi connectivity index (χ3n) is 9.59. The van der Waals surface area contributed by atoms with Gasteiger partial charge in [0.2, 0.25) is 0 Å². The molecule has 222 valence electrons. The number of hydrogen-bond donors (Lipinski definition) is 1. The first-order valence-corrected chi connectivity index (χ1v) is 16.1. The highest BCUT2D eigenvalue weighted by molar-refractivity contribution is 6.12. The summed E-state index contributed by atoms with van der Waals surface area (Å²) in [5.74, 6) is 0. The van der Waals surface area contributed by atoms with Gasteiger partial charge in [-0.15, -0.1) is 0 Å².